The van der Waals surface area contributed by atoms with Gasteiger partial charge in [0.05, 0.1) is 5.56 Å². The molecule has 15 heavy (non-hydrogen) atoms. The number of ether oxygens (including phenoxy) is 1. The number of hydrogen-bond donors (Lipinski definition) is 2. The van der Waals surface area contributed by atoms with Gasteiger partial charge in [0.1, 0.15) is 11.4 Å². The normalized spacial score (nSPS) is 25.7. The maximum atomic E-state index is 11.4. The van der Waals surface area contributed by atoms with E-state index in [-0.39, 0.29) is 17.0 Å². The number of rotatable bonds is 1. The molecular weight excluding hydrogens is 196 g/mol. The van der Waals surface area contributed by atoms with Gasteiger partial charge < -0.3 is 14.8 Å². The average Bonchev–Trinajstić information content (AvgIpc) is 2.62. The molecule has 82 valence electrons. The Morgan fingerprint density at radius 1 is 1.60 bits per heavy atom. The van der Waals surface area contributed by atoms with Crippen LogP contribution in [0.1, 0.15) is 31.2 Å². The molecule has 5 nitrogen and oxygen atoms in total. The quantitative estimate of drug-likeness (QED) is 0.719. The molecule has 0 amide bonds. The number of aromatic amines is 1. The molecule has 0 radical (unpaired) electrons. The van der Waals surface area contributed by atoms with Crippen molar-refractivity contribution in [3.63, 3.8) is 0 Å². The average molecular weight is 210 g/mol. The molecule has 0 aliphatic carbocycles. The zero-order valence-corrected chi connectivity index (χ0v) is 8.83. The Labute approximate surface area is 87.1 Å². The van der Waals surface area contributed by atoms with Crippen LogP contribution in [0.25, 0.3) is 0 Å². The highest BCUT2D eigenvalue weighted by molar-refractivity contribution is 5.22. The minimum absolute atomic E-state index is 0.217. The van der Waals surface area contributed by atoms with Crippen LogP contribution < -0.4 is 5.56 Å². The van der Waals surface area contributed by atoms with Crippen molar-refractivity contribution >= 4 is 0 Å². The van der Waals surface area contributed by atoms with E-state index in [0.29, 0.717) is 12.4 Å². The van der Waals surface area contributed by atoms with Gasteiger partial charge in [0.15, 0.2) is 0 Å². The number of aromatic nitrogens is 2. The van der Waals surface area contributed by atoms with Crippen molar-refractivity contribution < 1.29 is 9.84 Å². The second-order valence-electron chi connectivity index (χ2n) is 4.05. The van der Waals surface area contributed by atoms with Crippen LogP contribution in [0.15, 0.2) is 4.79 Å². The van der Waals surface area contributed by atoms with Crippen molar-refractivity contribution in [2.75, 3.05) is 6.61 Å². The molecule has 2 heterocycles. The summed E-state index contributed by atoms with van der Waals surface area (Å²) in [5.74, 6) is 0.193. The molecule has 2 rings (SSSR count). The lowest BCUT2D eigenvalue weighted by Gasteiger charge is -2.21. The Bertz CT molecular complexity index is 433. The minimum Gasteiger partial charge on any atom is -0.493 e. The molecule has 0 spiro atoms. The summed E-state index contributed by atoms with van der Waals surface area (Å²) in [4.78, 5) is 18.1. The number of nitrogens with one attached hydrogen (secondary N) is 1. The fourth-order valence-corrected chi connectivity index (χ4v) is 1.74. The minimum atomic E-state index is -0.565. The Balaban J connectivity index is 2.50. The van der Waals surface area contributed by atoms with Gasteiger partial charge in [0.2, 0.25) is 5.88 Å². The number of nitrogens with zero attached hydrogens (tertiary/aromatic N) is 1. The van der Waals surface area contributed by atoms with E-state index >= 15 is 0 Å². The second-order valence-corrected chi connectivity index (χ2v) is 4.05. The van der Waals surface area contributed by atoms with E-state index in [1.54, 1.807) is 0 Å². The highest BCUT2D eigenvalue weighted by Gasteiger charge is 2.34. The molecule has 1 atom stereocenters. The van der Waals surface area contributed by atoms with Crippen LogP contribution in [0.2, 0.25) is 0 Å². The molecule has 1 aliphatic rings. The summed E-state index contributed by atoms with van der Waals surface area (Å²) in [6.07, 6.45) is 1.74. The van der Waals surface area contributed by atoms with E-state index in [1.807, 2.05) is 6.92 Å². The standard InChI is InChI=1S/C10H14N2O3/c1-6-7(13)11-9(12-8(6)14)10(2)4-3-5-15-10/h3-5H2,1-2H3,(H2,11,12,13,14). The van der Waals surface area contributed by atoms with E-state index in [0.717, 1.165) is 12.8 Å². The van der Waals surface area contributed by atoms with E-state index < -0.39 is 5.60 Å². The highest BCUT2D eigenvalue weighted by Crippen LogP contribution is 2.33. The Morgan fingerprint density at radius 3 is 2.87 bits per heavy atom. The Hall–Kier alpha value is -1.36. The molecule has 1 aliphatic heterocycles. The molecule has 1 aromatic rings. The summed E-state index contributed by atoms with van der Waals surface area (Å²) in [5.41, 5.74) is -0.640. The molecule has 1 saturated heterocycles. The summed E-state index contributed by atoms with van der Waals surface area (Å²) >= 11 is 0. The first kappa shape index (κ1) is 10.2. The van der Waals surface area contributed by atoms with Crippen molar-refractivity contribution in [1.29, 1.82) is 0 Å². The van der Waals surface area contributed by atoms with Gasteiger partial charge in [-0.05, 0) is 26.7 Å². The van der Waals surface area contributed by atoms with E-state index in [1.165, 1.54) is 6.92 Å². The van der Waals surface area contributed by atoms with Gasteiger partial charge in [-0.25, -0.2) is 0 Å². The molecular formula is C10H14N2O3. The molecule has 0 bridgehead atoms. The zero-order valence-electron chi connectivity index (χ0n) is 8.83. The van der Waals surface area contributed by atoms with E-state index in [9.17, 15) is 9.90 Å². The molecule has 2 N–H and O–H groups in total. The first-order valence-corrected chi connectivity index (χ1v) is 4.97. The second kappa shape index (κ2) is 3.34. The molecule has 1 fully saturated rings. The van der Waals surface area contributed by atoms with Crippen LogP contribution in [0, 0.1) is 6.92 Å². The van der Waals surface area contributed by atoms with Gasteiger partial charge in [0, 0.05) is 6.61 Å². The fraction of sp³-hybridized carbons (Fsp3) is 0.600. The summed E-state index contributed by atoms with van der Waals surface area (Å²) in [7, 11) is 0. The first-order valence-electron chi connectivity index (χ1n) is 4.97. The van der Waals surface area contributed by atoms with Crippen LogP contribution in [0.4, 0.5) is 0 Å². The largest absolute Gasteiger partial charge is 0.493 e. The van der Waals surface area contributed by atoms with Crippen LogP contribution in [-0.4, -0.2) is 21.7 Å². The lowest BCUT2D eigenvalue weighted by atomic mass is 10.0. The van der Waals surface area contributed by atoms with Gasteiger partial charge in [0.25, 0.3) is 5.56 Å². The highest BCUT2D eigenvalue weighted by atomic mass is 16.5. The number of hydrogen-bond acceptors (Lipinski definition) is 4. The number of H-pyrrole nitrogens is 1. The summed E-state index contributed by atoms with van der Waals surface area (Å²) < 4.78 is 5.53. The van der Waals surface area contributed by atoms with Gasteiger partial charge in [-0.15, -0.1) is 0 Å². The third-order valence-corrected chi connectivity index (χ3v) is 2.85. The van der Waals surface area contributed by atoms with Crippen molar-refractivity contribution in [3.05, 3.63) is 21.7 Å². The first-order chi connectivity index (χ1) is 7.03. The van der Waals surface area contributed by atoms with Gasteiger partial charge in [-0.2, -0.15) is 4.98 Å². The smallest absolute Gasteiger partial charge is 0.257 e. The third kappa shape index (κ3) is 1.63. The van der Waals surface area contributed by atoms with Crippen molar-refractivity contribution in [1.82, 2.24) is 9.97 Å². The van der Waals surface area contributed by atoms with E-state index in [2.05, 4.69) is 9.97 Å². The Kier molecular flexibility index (Phi) is 2.26. The Morgan fingerprint density at radius 2 is 2.33 bits per heavy atom. The lowest BCUT2D eigenvalue weighted by molar-refractivity contribution is 0.00863. The summed E-state index contributed by atoms with van der Waals surface area (Å²) in [5, 5.41) is 9.47. The van der Waals surface area contributed by atoms with E-state index in [4.69, 9.17) is 4.74 Å². The van der Waals surface area contributed by atoms with Gasteiger partial charge in [-0.3, -0.25) is 4.79 Å². The van der Waals surface area contributed by atoms with Gasteiger partial charge in [-0.1, -0.05) is 0 Å². The zero-order chi connectivity index (χ0) is 11.1. The van der Waals surface area contributed by atoms with Crippen LogP contribution >= 0.6 is 0 Å². The topological polar surface area (TPSA) is 75.2 Å². The third-order valence-electron chi connectivity index (χ3n) is 2.85. The van der Waals surface area contributed by atoms with Crippen molar-refractivity contribution in [2.24, 2.45) is 0 Å². The molecule has 1 aromatic heterocycles. The van der Waals surface area contributed by atoms with Gasteiger partial charge >= 0.3 is 0 Å². The maximum Gasteiger partial charge on any atom is 0.257 e. The van der Waals surface area contributed by atoms with Crippen molar-refractivity contribution in [2.45, 2.75) is 32.3 Å². The molecule has 5 heteroatoms. The SMILES string of the molecule is Cc1c(O)nc(C2(C)CCCO2)[nH]c1=O. The predicted octanol–water partition coefficient (Wildman–Crippen LogP) is 0.810. The predicted molar refractivity (Wildman–Crippen MR) is 53.8 cm³/mol. The fourth-order valence-electron chi connectivity index (χ4n) is 1.74. The maximum absolute atomic E-state index is 11.4. The van der Waals surface area contributed by atoms with Crippen LogP contribution in [0.5, 0.6) is 5.88 Å². The van der Waals surface area contributed by atoms with Crippen molar-refractivity contribution in [3.8, 4) is 5.88 Å². The summed E-state index contributed by atoms with van der Waals surface area (Å²) in [6.45, 7) is 4.06. The monoisotopic (exact) mass is 210 g/mol. The van der Waals surface area contributed by atoms with Crippen LogP contribution in [-0.2, 0) is 10.3 Å². The molecule has 0 aromatic carbocycles. The number of aromatic hydroxyl groups is 1. The molecule has 0 saturated carbocycles. The molecule has 1 unspecified atom stereocenters. The van der Waals surface area contributed by atoms with Crippen LogP contribution in [0.3, 0.4) is 0 Å². The summed E-state index contributed by atoms with van der Waals surface area (Å²) in [6, 6.07) is 0. The lowest BCUT2D eigenvalue weighted by Crippen LogP contribution is -2.27.